The number of carbonyl (C=O) groups is 1. The van der Waals surface area contributed by atoms with Crippen LogP contribution in [0, 0.1) is 5.82 Å². The van der Waals surface area contributed by atoms with E-state index in [0.717, 1.165) is 17.7 Å². The molecule has 0 unspecified atom stereocenters. The summed E-state index contributed by atoms with van der Waals surface area (Å²) in [4.78, 5) is 13.9. The first-order valence-electron chi connectivity index (χ1n) is 8.53. The fourth-order valence-electron chi connectivity index (χ4n) is 2.80. The Morgan fingerprint density at radius 2 is 1.73 bits per heavy atom. The van der Waals surface area contributed by atoms with E-state index in [9.17, 15) is 9.18 Å². The van der Waals surface area contributed by atoms with Crippen LogP contribution in [-0.4, -0.2) is 26.5 Å². The maximum absolute atomic E-state index is 13.0. The van der Waals surface area contributed by atoms with E-state index < -0.39 is 0 Å². The summed E-state index contributed by atoms with van der Waals surface area (Å²) < 4.78 is 18.7. The topological polar surface area (TPSA) is 46.7 Å². The van der Waals surface area contributed by atoms with Crippen molar-refractivity contribution in [2.45, 2.75) is 6.04 Å². The molecule has 0 aliphatic heterocycles. The predicted molar refractivity (Wildman–Crippen MR) is 98.4 cm³/mol. The van der Waals surface area contributed by atoms with Crippen molar-refractivity contribution in [2.24, 2.45) is 0 Å². The van der Waals surface area contributed by atoms with Crippen LogP contribution in [0.4, 0.5) is 4.39 Å². The van der Waals surface area contributed by atoms with Crippen molar-refractivity contribution in [3.63, 3.8) is 0 Å². The molecule has 1 amide bonds. The van der Waals surface area contributed by atoms with E-state index >= 15 is 0 Å². The molecule has 2 N–H and O–H groups in total. The monoisotopic (exact) mass is 353 g/mol. The summed E-state index contributed by atoms with van der Waals surface area (Å²) >= 11 is 0. The van der Waals surface area contributed by atoms with Crippen LogP contribution in [0.5, 0.6) is 0 Å². The highest BCUT2D eigenvalue weighted by molar-refractivity contribution is 5.92. The number of rotatable bonds is 6. The summed E-state index contributed by atoms with van der Waals surface area (Å²) in [5.74, 6) is 0.187. The molecule has 0 aliphatic carbocycles. The van der Waals surface area contributed by atoms with Gasteiger partial charge in [-0.3, -0.25) is 4.79 Å². The van der Waals surface area contributed by atoms with Crippen molar-refractivity contribution in [2.75, 3.05) is 20.6 Å². The summed E-state index contributed by atoms with van der Waals surface area (Å²) in [7, 11) is 4.09. The molecule has 2 aromatic carbocycles. The van der Waals surface area contributed by atoms with Gasteiger partial charge in [0.05, 0.1) is 14.1 Å². The lowest BCUT2D eigenvalue weighted by Crippen LogP contribution is -3.06. The third-order valence-corrected chi connectivity index (χ3v) is 4.08. The van der Waals surface area contributed by atoms with Gasteiger partial charge in [0, 0.05) is 5.56 Å². The van der Waals surface area contributed by atoms with Gasteiger partial charge in [-0.15, -0.1) is 0 Å². The van der Waals surface area contributed by atoms with Crippen LogP contribution in [0.25, 0.3) is 11.3 Å². The SMILES string of the molecule is C[NH+](C)C[C@@H](NC(=O)c1ccc(-c2ccc(F)cc2)o1)c1ccccc1. The lowest BCUT2D eigenvalue weighted by molar-refractivity contribution is -0.860. The maximum atomic E-state index is 13.0. The van der Waals surface area contributed by atoms with Crippen molar-refractivity contribution in [3.8, 4) is 11.3 Å². The fraction of sp³-hybridized carbons (Fsp3) is 0.190. The molecule has 0 radical (unpaired) electrons. The average Bonchev–Trinajstić information content (AvgIpc) is 3.12. The van der Waals surface area contributed by atoms with E-state index in [2.05, 4.69) is 5.32 Å². The Balaban J connectivity index is 1.76. The number of quaternary nitrogens is 1. The Kier molecular flexibility index (Phi) is 5.49. The second-order valence-corrected chi connectivity index (χ2v) is 6.52. The van der Waals surface area contributed by atoms with Crippen LogP contribution < -0.4 is 10.2 Å². The maximum Gasteiger partial charge on any atom is 0.287 e. The van der Waals surface area contributed by atoms with Crippen LogP contribution in [0.15, 0.2) is 71.1 Å². The summed E-state index contributed by atoms with van der Waals surface area (Å²) in [5, 5.41) is 3.04. The number of nitrogens with one attached hydrogen (secondary N) is 2. The number of benzene rings is 2. The van der Waals surface area contributed by atoms with Gasteiger partial charge in [-0.2, -0.15) is 0 Å². The molecule has 26 heavy (non-hydrogen) atoms. The number of furan rings is 1. The number of hydrogen-bond donors (Lipinski definition) is 2. The molecule has 1 atom stereocenters. The van der Waals surface area contributed by atoms with Crippen molar-refractivity contribution in [1.82, 2.24) is 5.32 Å². The number of halogens is 1. The number of carbonyl (C=O) groups excluding carboxylic acids is 1. The van der Waals surface area contributed by atoms with E-state index in [1.165, 1.54) is 17.0 Å². The van der Waals surface area contributed by atoms with Crippen LogP contribution >= 0.6 is 0 Å². The zero-order valence-corrected chi connectivity index (χ0v) is 14.8. The highest BCUT2D eigenvalue weighted by Gasteiger charge is 2.20. The molecule has 0 saturated heterocycles. The van der Waals surface area contributed by atoms with Gasteiger partial charge in [-0.1, -0.05) is 30.3 Å². The first kappa shape index (κ1) is 17.9. The van der Waals surface area contributed by atoms with Gasteiger partial charge in [0.2, 0.25) is 0 Å². The molecule has 5 heteroatoms. The molecule has 0 saturated carbocycles. The van der Waals surface area contributed by atoms with E-state index in [4.69, 9.17) is 4.42 Å². The van der Waals surface area contributed by atoms with Gasteiger partial charge in [0.25, 0.3) is 5.91 Å². The standard InChI is InChI=1S/C21H21FN2O2/c1-24(2)14-18(15-6-4-3-5-7-15)23-21(25)20-13-12-19(26-20)16-8-10-17(22)11-9-16/h3-13,18H,14H2,1-2H3,(H,23,25)/p+1/t18-/m1/s1. The van der Waals surface area contributed by atoms with Gasteiger partial charge >= 0.3 is 0 Å². The lowest BCUT2D eigenvalue weighted by atomic mass is 10.1. The van der Waals surface area contributed by atoms with E-state index in [-0.39, 0.29) is 23.5 Å². The van der Waals surface area contributed by atoms with Gasteiger partial charge in [-0.05, 0) is 42.0 Å². The van der Waals surface area contributed by atoms with Crippen LogP contribution in [0.3, 0.4) is 0 Å². The Labute approximate surface area is 152 Å². The molecule has 1 heterocycles. The molecule has 0 fully saturated rings. The first-order valence-corrected chi connectivity index (χ1v) is 8.53. The molecular weight excluding hydrogens is 331 g/mol. The Morgan fingerprint density at radius 3 is 2.38 bits per heavy atom. The third kappa shape index (κ3) is 4.37. The Hall–Kier alpha value is -2.92. The molecular formula is C21H22FN2O2+. The normalized spacial score (nSPS) is 12.2. The van der Waals surface area contributed by atoms with Crippen molar-refractivity contribution in [1.29, 1.82) is 0 Å². The second kappa shape index (κ2) is 7.97. The van der Waals surface area contributed by atoms with Crippen LogP contribution in [0.1, 0.15) is 22.2 Å². The van der Waals surface area contributed by atoms with Gasteiger partial charge < -0.3 is 14.6 Å². The molecule has 0 bridgehead atoms. The molecule has 134 valence electrons. The fourth-order valence-corrected chi connectivity index (χ4v) is 2.80. The van der Waals surface area contributed by atoms with Crippen molar-refractivity contribution >= 4 is 5.91 Å². The summed E-state index contributed by atoms with van der Waals surface area (Å²) in [5.41, 5.74) is 1.77. The summed E-state index contributed by atoms with van der Waals surface area (Å²) in [6, 6.07) is 19.1. The minimum atomic E-state index is -0.310. The largest absolute Gasteiger partial charge is 0.451 e. The summed E-state index contributed by atoms with van der Waals surface area (Å²) in [6.45, 7) is 0.751. The van der Waals surface area contributed by atoms with E-state index in [0.29, 0.717) is 5.76 Å². The van der Waals surface area contributed by atoms with Crippen molar-refractivity contribution < 1.29 is 18.5 Å². The minimum absolute atomic E-state index is 0.118. The molecule has 0 spiro atoms. The lowest BCUT2D eigenvalue weighted by Gasteiger charge is -2.20. The third-order valence-electron chi connectivity index (χ3n) is 4.08. The van der Waals surface area contributed by atoms with Crippen LogP contribution in [0.2, 0.25) is 0 Å². The molecule has 1 aromatic heterocycles. The Morgan fingerprint density at radius 1 is 1.04 bits per heavy atom. The summed E-state index contributed by atoms with van der Waals surface area (Å²) in [6.07, 6.45) is 0. The highest BCUT2D eigenvalue weighted by Crippen LogP contribution is 2.23. The molecule has 4 nitrogen and oxygen atoms in total. The number of amides is 1. The predicted octanol–water partition coefficient (Wildman–Crippen LogP) is 2.70. The van der Waals surface area contributed by atoms with Gasteiger partial charge in [0.15, 0.2) is 5.76 Å². The zero-order chi connectivity index (χ0) is 18.5. The molecule has 0 aliphatic rings. The Bertz CT molecular complexity index is 857. The quantitative estimate of drug-likeness (QED) is 0.716. The molecule has 3 rings (SSSR count). The van der Waals surface area contributed by atoms with Crippen molar-refractivity contribution in [3.05, 3.63) is 83.9 Å². The smallest absolute Gasteiger partial charge is 0.287 e. The minimum Gasteiger partial charge on any atom is -0.451 e. The number of hydrogen-bond acceptors (Lipinski definition) is 2. The second-order valence-electron chi connectivity index (χ2n) is 6.52. The average molecular weight is 353 g/mol. The first-order chi connectivity index (χ1) is 12.5. The van der Waals surface area contributed by atoms with Gasteiger partial charge in [0.1, 0.15) is 24.2 Å². The van der Waals surface area contributed by atoms with E-state index in [1.807, 2.05) is 44.4 Å². The number of likely N-dealkylation sites (N-methyl/N-ethyl adjacent to an activating group) is 1. The zero-order valence-electron chi connectivity index (χ0n) is 14.8. The van der Waals surface area contributed by atoms with Gasteiger partial charge in [-0.25, -0.2) is 4.39 Å². The van der Waals surface area contributed by atoms with Crippen LogP contribution in [-0.2, 0) is 0 Å². The highest BCUT2D eigenvalue weighted by atomic mass is 19.1. The molecule has 3 aromatic rings. The van der Waals surface area contributed by atoms with E-state index in [1.54, 1.807) is 24.3 Å².